The number of hydrogen-bond acceptors (Lipinski definition) is 8. The number of aromatic nitrogens is 6. The van der Waals surface area contributed by atoms with Gasteiger partial charge in [-0.25, -0.2) is 19.6 Å². The largest absolute Gasteiger partial charge is 0.478 e. The Morgan fingerprint density at radius 2 is 1.80 bits per heavy atom. The maximum Gasteiger partial charge on any atom is 0.332 e. The summed E-state index contributed by atoms with van der Waals surface area (Å²) in [6.45, 7) is 5.31. The molecule has 4 heterocycles. The average molecular weight is 621 g/mol. The van der Waals surface area contributed by atoms with Gasteiger partial charge in [-0.3, -0.25) is 18.5 Å². The van der Waals surface area contributed by atoms with E-state index in [1.54, 1.807) is 24.6 Å². The molecular formula is C34H36N8O4. The van der Waals surface area contributed by atoms with E-state index in [4.69, 9.17) is 15.8 Å². The number of nitrogens with two attached hydrogens (primary N) is 1. The summed E-state index contributed by atoms with van der Waals surface area (Å²) in [6.07, 6.45) is 4.56. The number of benzene rings is 2. The molecular weight excluding hydrogens is 584 g/mol. The highest BCUT2D eigenvalue weighted by Crippen LogP contribution is 2.23. The highest BCUT2D eigenvalue weighted by atomic mass is 16.4. The fourth-order valence-corrected chi connectivity index (χ4v) is 5.48. The average Bonchev–Trinajstić information content (AvgIpc) is 3.44. The Balaban J connectivity index is 0.000000322. The normalized spacial score (nSPS) is 14.6. The minimum atomic E-state index is -0.922. The second-order valence-corrected chi connectivity index (χ2v) is 11.0. The summed E-state index contributed by atoms with van der Waals surface area (Å²) >= 11 is 0. The number of para-hydroxylation sites is 1. The summed E-state index contributed by atoms with van der Waals surface area (Å²) in [6, 6.07) is 17.0. The molecule has 0 radical (unpaired) electrons. The van der Waals surface area contributed by atoms with E-state index in [9.17, 15) is 14.4 Å². The third-order valence-electron chi connectivity index (χ3n) is 7.72. The number of piperidine rings is 1. The first-order valence-electron chi connectivity index (χ1n) is 15.0. The number of rotatable bonds is 6. The number of carboxylic acids is 1. The van der Waals surface area contributed by atoms with Crippen molar-refractivity contribution in [1.29, 1.82) is 0 Å². The summed E-state index contributed by atoms with van der Waals surface area (Å²) in [4.78, 5) is 53.1. The van der Waals surface area contributed by atoms with Crippen molar-refractivity contribution >= 4 is 40.1 Å². The van der Waals surface area contributed by atoms with E-state index >= 15 is 0 Å². The molecule has 12 nitrogen and oxygen atoms in total. The number of imidazole rings is 1. The fourth-order valence-electron chi connectivity index (χ4n) is 5.48. The lowest BCUT2D eigenvalue weighted by Gasteiger charge is -2.31. The first-order chi connectivity index (χ1) is 22.2. The molecule has 1 aliphatic heterocycles. The van der Waals surface area contributed by atoms with E-state index in [2.05, 4.69) is 26.7 Å². The lowest BCUT2D eigenvalue weighted by atomic mass is 10.1. The van der Waals surface area contributed by atoms with Gasteiger partial charge >= 0.3 is 11.7 Å². The van der Waals surface area contributed by atoms with E-state index in [1.807, 2.05) is 61.5 Å². The SMILES string of the molecule is CC#CCn1c(N2CCC[C@@H](N)C2)nc2c1c(=O)n(Cc1nc(C)c3ccccc3n1)c(=O)n2C.O=C(O)/C=C/c1ccccc1. The molecule has 2 aromatic carbocycles. The van der Waals surface area contributed by atoms with Crippen molar-refractivity contribution in [2.45, 2.75) is 45.8 Å². The molecule has 0 spiro atoms. The molecule has 1 atom stereocenters. The summed E-state index contributed by atoms with van der Waals surface area (Å²) in [5, 5.41) is 9.23. The molecule has 1 saturated heterocycles. The van der Waals surface area contributed by atoms with Gasteiger partial charge in [-0.2, -0.15) is 4.98 Å². The zero-order chi connectivity index (χ0) is 32.8. The van der Waals surface area contributed by atoms with Crippen molar-refractivity contribution in [1.82, 2.24) is 28.7 Å². The first kappa shape index (κ1) is 31.9. The van der Waals surface area contributed by atoms with Crippen LogP contribution in [0.3, 0.4) is 0 Å². The van der Waals surface area contributed by atoms with Gasteiger partial charge in [0, 0.05) is 43.3 Å². The third kappa shape index (κ3) is 6.90. The molecule has 1 aliphatic rings. The van der Waals surface area contributed by atoms with E-state index < -0.39 is 17.2 Å². The monoisotopic (exact) mass is 620 g/mol. The van der Waals surface area contributed by atoms with Crippen molar-refractivity contribution in [3.8, 4) is 11.8 Å². The molecule has 0 aliphatic carbocycles. The minimum absolute atomic E-state index is 0.0306. The smallest absolute Gasteiger partial charge is 0.332 e. The number of anilines is 1. The van der Waals surface area contributed by atoms with E-state index in [1.165, 1.54) is 9.13 Å². The van der Waals surface area contributed by atoms with Gasteiger partial charge in [0.1, 0.15) is 5.82 Å². The van der Waals surface area contributed by atoms with Crippen LogP contribution in [0.25, 0.3) is 28.1 Å². The molecule has 236 valence electrons. The van der Waals surface area contributed by atoms with Crippen LogP contribution < -0.4 is 21.9 Å². The van der Waals surface area contributed by atoms with Gasteiger partial charge < -0.3 is 15.7 Å². The maximum atomic E-state index is 13.7. The summed E-state index contributed by atoms with van der Waals surface area (Å²) in [5.74, 6) is 6.03. The molecule has 0 saturated carbocycles. The van der Waals surface area contributed by atoms with Crippen LogP contribution in [0.15, 0.2) is 70.3 Å². The van der Waals surface area contributed by atoms with Gasteiger partial charge in [-0.15, -0.1) is 5.92 Å². The molecule has 5 aromatic rings. The Morgan fingerprint density at radius 1 is 1.07 bits per heavy atom. The lowest BCUT2D eigenvalue weighted by molar-refractivity contribution is -0.131. The van der Waals surface area contributed by atoms with Crippen LogP contribution >= 0.6 is 0 Å². The molecule has 46 heavy (non-hydrogen) atoms. The van der Waals surface area contributed by atoms with Crippen molar-refractivity contribution < 1.29 is 9.90 Å². The number of fused-ring (bicyclic) bond motifs is 2. The van der Waals surface area contributed by atoms with Crippen LogP contribution in [-0.2, 0) is 24.9 Å². The molecule has 0 amide bonds. The molecule has 1 fully saturated rings. The van der Waals surface area contributed by atoms with E-state index in [0.29, 0.717) is 29.5 Å². The molecule has 3 N–H and O–H groups in total. The molecule has 0 bridgehead atoms. The quantitative estimate of drug-likeness (QED) is 0.215. The van der Waals surface area contributed by atoms with Crippen LogP contribution in [0.5, 0.6) is 0 Å². The minimum Gasteiger partial charge on any atom is -0.478 e. The molecule has 12 heteroatoms. The van der Waals surface area contributed by atoms with Gasteiger partial charge in [0.2, 0.25) is 5.95 Å². The zero-order valence-electron chi connectivity index (χ0n) is 26.1. The van der Waals surface area contributed by atoms with Crippen LogP contribution in [0.4, 0.5) is 5.95 Å². The fraction of sp³-hybridized carbons (Fsp3) is 0.294. The van der Waals surface area contributed by atoms with Crippen LogP contribution in [0, 0.1) is 18.8 Å². The summed E-state index contributed by atoms with van der Waals surface area (Å²) in [7, 11) is 1.63. The van der Waals surface area contributed by atoms with Gasteiger partial charge in [0.15, 0.2) is 11.2 Å². The van der Waals surface area contributed by atoms with Crippen LogP contribution in [0.1, 0.15) is 36.8 Å². The summed E-state index contributed by atoms with van der Waals surface area (Å²) in [5.41, 5.74) is 8.44. The predicted molar refractivity (Wildman–Crippen MR) is 179 cm³/mol. The predicted octanol–water partition coefficient (Wildman–Crippen LogP) is 2.93. The molecule has 6 rings (SSSR count). The van der Waals surface area contributed by atoms with Crippen LogP contribution in [0.2, 0.25) is 0 Å². The third-order valence-corrected chi connectivity index (χ3v) is 7.72. The van der Waals surface area contributed by atoms with E-state index in [0.717, 1.165) is 47.6 Å². The summed E-state index contributed by atoms with van der Waals surface area (Å²) < 4.78 is 4.39. The Morgan fingerprint density at radius 3 is 2.52 bits per heavy atom. The van der Waals surface area contributed by atoms with Gasteiger partial charge in [0.25, 0.3) is 5.56 Å². The van der Waals surface area contributed by atoms with Crippen molar-refractivity contribution in [3.05, 3.63) is 98.6 Å². The number of carboxylic acid groups (broad SMARTS) is 1. The number of aliphatic carboxylic acids is 1. The first-order valence-corrected chi connectivity index (χ1v) is 15.0. The zero-order valence-corrected chi connectivity index (χ0v) is 26.1. The molecule has 3 aromatic heterocycles. The van der Waals surface area contributed by atoms with Crippen LogP contribution in [-0.4, -0.2) is 58.9 Å². The van der Waals surface area contributed by atoms with Crippen molar-refractivity contribution in [2.75, 3.05) is 18.0 Å². The number of nitrogens with zero attached hydrogens (tertiary/aromatic N) is 7. The maximum absolute atomic E-state index is 13.7. The van der Waals surface area contributed by atoms with E-state index in [-0.39, 0.29) is 19.1 Å². The highest BCUT2D eigenvalue weighted by molar-refractivity contribution is 5.85. The Bertz CT molecular complexity index is 2100. The number of carbonyl (C=O) groups is 1. The highest BCUT2D eigenvalue weighted by Gasteiger charge is 2.26. The second-order valence-electron chi connectivity index (χ2n) is 11.0. The number of hydrogen-bond donors (Lipinski definition) is 2. The van der Waals surface area contributed by atoms with Gasteiger partial charge in [-0.1, -0.05) is 54.5 Å². The molecule has 0 unspecified atom stereocenters. The van der Waals surface area contributed by atoms with Gasteiger partial charge in [-0.05, 0) is 44.4 Å². The second kappa shape index (κ2) is 14.0. The van der Waals surface area contributed by atoms with Crippen molar-refractivity contribution in [3.63, 3.8) is 0 Å². The standard InChI is InChI=1S/C25H28N8O2.C9H8O2/c1-4-5-13-32-21-22(29-24(32)31-12-8-9-17(26)14-31)30(3)25(35)33(23(21)34)15-20-27-16(2)18-10-6-7-11-19(18)28-20;10-9(11)7-6-8-4-2-1-3-5-8/h6-7,10-11,17H,8-9,12-15,26H2,1-3H3;1-7H,(H,10,11)/b;7-6+/t17-;/m1./s1. The Labute approximate surface area is 265 Å². The number of aryl methyl sites for hydroxylation is 2. The topological polar surface area (TPSA) is 154 Å². The van der Waals surface area contributed by atoms with Crippen molar-refractivity contribution in [2.24, 2.45) is 12.8 Å². The Hall–Kier alpha value is -5.54. The van der Waals surface area contributed by atoms with Gasteiger partial charge in [0.05, 0.1) is 18.6 Å². The Kier molecular flexibility index (Phi) is 9.73. The lowest BCUT2D eigenvalue weighted by Crippen LogP contribution is -2.44.